The van der Waals surface area contributed by atoms with Gasteiger partial charge in [0.2, 0.25) is 5.88 Å². The summed E-state index contributed by atoms with van der Waals surface area (Å²) in [4.78, 5) is 30.0. The summed E-state index contributed by atoms with van der Waals surface area (Å²) in [5.41, 5.74) is 1.07. The van der Waals surface area contributed by atoms with Gasteiger partial charge in [-0.1, -0.05) is 71.7 Å². The first-order valence-electron chi connectivity index (χ1n) is 8.95. The Morgan fingerprint density at radius 2 is 1.53 bits per heavy atom. The summed E-state index contributed by atoms with van der Waals surface area (Å²) in [5, 5.41) is 0.542. The second-order valence-electron chi connectivity index (χ2n) is 6.31. The number of esters is 1. The van der Waals surface area contributed by atoms with Gasteiger partial charge >= 0.3 is 5.97 Å². The fourth-order valence-electron chi connectivity index (χ4n) is 2.93. The largest absolute Gasteiger partial charge is 0.404 e. The minimum atomic E-state index is -0.736. The van der Waals surface area contributed by atoms with E-state index in [1.807, 2.05) is 48.5 Å². The zero-order chi connectivity index (χ0) is 21.1. The van der Waals surface area contributed by atoms with Gasteiger partial charge in [-0.15, -0.1) is 0 Å². The summed E-state index contributed by atoms with van der Waals surface area (Å²) >= 11 is 12.0. The lowest BCUT2D eigenvalue weighted by Crippen LogP contribution is -2.22. The Hall–Kier alpha value is -3.41. The third-order valence-corrected chi connectivity index (χ3v) is 4.84. The Morgan fingerprint density at radius 1 is 0.867 bits per heavy atom. The molecule has 7 heteroatoms. The lowest BCUT2D eigenvalue weighted by molar-refractivity contribution is 0.0727. The second kappa shape index (κ2) is 8.53. The average Bonchev–Trinajstić information content (AvgIpc) is 2.74. The van der Waals surface area contributed by atoms with Gasteiger partial charge in [-0.25, -0.2) is 4.79 Å². The number of hydrogen-bond acceptors (Lipinski definition) is 4. The van der Waals surface area contributed by atoms with Crippen molar-refractivity contribution in [3.63, 3.8) is 0 Å². The molecule has 4 aromatic rings. The maximum absolute atomic E-state index is 13.0. The second-order valence-corrected chi connectivity index (χ2v) is 7.15. The molecule has 0 aliphatic rings. The predicted octanol–water partition coefficient (Wildman–Crippen LogP) is 5.43. The van der Waals surface area contributed by atoms with Crippen molar-refractivity contribution in [3.8, 4) is 23.0 Å². The summed E-state index contributed by atoms with van der Waals surface area (Å²) in [6.07, 6.45) is 0. The molecule has 1 heterocycles. The van der Waals surface area contributed by atoms with Crippen LogP contribution in [0.5, 0.6) is 5.88 Å². The summed E-state index contributed by atoms with van der Waals surface area (Å²) in [7, 11) is 0. The first kappa shape index (κ1) is 19.9. The molecule has 0 bridgehead atoms. The number of carbonyl (C=O) groups excluding carboxylic acids is 1. The number of aromatic nitrogens is 2. The van der Waals surface area contributed by atoms with Crippen LogP contribution in [-0.4, -0.2) is 15.5 Å². The zero-order valence-corrected chi connectivity index (χ0v) is 17.0. The highest BCUT2D eigenvalue weighted by Gasteiger charge is 2.18. The third-order valence-electron chi connectivity index (χ3n) is 4.29. The van der Waals surface area contributed by atoms with Crippen LogP contribution in [0.2, 0.25) is 10.0 Å². The molecule has 3 aromatic carbocycles. The molecule has 0 aliphatic heterocycles. The number of para-hydroxylation sites is 1. The van der Waals surface area contributed by atoms with Crippen LogP contribution in [0.15, 0.2) is 89.7 Å². The van der Waals surface area contributed by atoms with E-state index >= 15 is 0 Å². The van der Waals surface area contributed by atoms with Crippen molar-refractivity contribution in [2.24, 2.45) is 0 Å². The van der Waals surface area contributed by atoms with Crippen molar-refractivity contribution in [3.05, 3.63) is 111 Å². The van der Waals surface area contributed by atoms with Gasteiger partial charge in [-0.05, 0) is 30.3 Å². The number of ether oxygens (including phenoxy) is 1. The molecule has 1 aromatic heterocycles. The predicted molar refractivity (Wildman–Crippen MR) is 117 cm³/mol. The van der Waals surface area contributed by atoms with Crippen LogP contribution < -0.4 is 10.3 Å². The number of nitrogens with zero attached hydrogens (tertiary/aromatic N) is 2. The maximum atomic E-state index is 13.0. The average molecular weight is 437 g/mol. The van der Waals surface area contributed by atoms with Crippen LogP contribution in [0, 0.1) is 0 Å². The molecular weight excluding hydrogens is 423 g/mol. The third kappa shape index (κ3) is 4.13. The number of rotatable bonds is 4. The summed E-state index contributed by atoms with van der Waals surface area (Å²) < 4.78 is 6.82. The molecule has 0 spiro atoms. The molecule has 0 unspecified atom stereocenters. The number of carbonyl (C=O) groups is 1. The van der Waals surface area contributed by atoms with Crippen molar-refractivity contribution >= 4 is 29.2 Å². The highest BCUT2D eigenvalue weighted by Crippen LogP contribution is 2.24. The van der Waals surface area contributed by atoms with Crippen molar-refractivity contribution in [1.29, 1.82) is 0 Å². The van der Waals surface area contributed by atoms with Gasteiger partial charge in [-0.3, -0.25) is 9.36 Å². The van der Waals surface area contributed by atoms with E-state index in [1.54, 1.807) is 12.1 Å². The molecule has 0 radical (unpaired) electrons. The van der Waals surface area contributed by atoms with Crippen molar-refractivity contribution in [2.45, 2.75) is 0 Å². The lowest BCUT2D eigenvalue weighted by Gasteiger charge is -2.14. The molecular formula is C23H14Cl2N2O3. The van der Waals surface area contributed by atoms with Gasteiger partial charge in [0.1, 0.15) is 0 Å². The quantitative estimate of drug-likeness (QED) is 0.400. The van der Waals surface area contributed by atoms with Gasteiger partial charge in [0, 0.05) is 10.6 Å². The normalized spacial score (nSPS) is 10.6. The number of benzene rings is 3. The zero-order valence-electron chi connectivity index (χ0n) is 15.5. The molecule has 0 fully saturated rings. The van der Waals surface area contributed by atoms with E-state index in [9.17, 15) is 9.59 Å². The molecule has 0 amide bonds. The maximum Gasteiger partial charge on any atom is 0.346 e. The summed E-state index contributed by atoms with van der Waals surface area (Å²) in [6.45, 7) is 0. The molecule has 0 saturated heterocycles. The van der Waals surface area contributed by atoms with E-state index in [0.29, 0.717) is 22.1 Å². The minimum Gasteiger partial charge on any atom is -0.404 e. The Labute approximate surface area is 182 Å². The van der Waals surface area contributed by atoms with Gasteiger partial charge in [0.15, 0.2) is 5.82 Å². The molecule has 0 saturated carbocycles. The van der Waals surface area contributed by atoms with E-state index in [-0.39, 0.29) is 22.0 Å². The van der Waals surface area contributed by atoms with Gasteiger partial charge in [0.25, 0.3) is 5.56 Å². The van der Waals surface area contributed by atoms with Crippen LogP contribution >= 0.6 is 23.2 Å². The number of halogens is 2. The van der Waals surface area contributed by atoms with Crippen LogP contribution in [0.25, 0.3) is 17.1 Å². The fraction of sp³-hybridized carbons (Fsp3) is 0. The van der Waals surface area contributed by atoms with Crippen LogP contribution in [0.1, 0.15) is 10.4 Å². The molecule has 30 heavy (non-hydrogen) atoms. The molecule has 148 valence electrons. The first-order valence-corrected chi connectivity index (χ1v) is 9.71. The van der Waals surface area contributed by atoms with Crippen molar-refractivity contribution in [1.82, 2.24) is 9.55 Å². The highest BCUT2D eigenvalue weighted by molar-refractivity contribution is 6.36. The SMILES string of the molecule is O=C(Oc1cc(=O)n(-c2ccccc2)c(-c2ccccc2)n1)c1ccc(Cl)cc1Cl. The Morgan fingerprint density at radius 3 is 2.20 bits per heavy atom. The van der Waals surface area contributed by atoms with Gasteiger partial charge in [-0.2, -0.15) is 4.98 Å². The Bertz CT molecular complexity index is 1270. The smallest absolute Gasteiger partial charge is 0.346 e. The van der Waals surface area contributed by atoms with Crippen molar-refractivity contribution in [2.75, 3.05) is 0 Å². The Kier molecular flexibility index (Phi) is 5.65. The van der Waals surface area contributed by atoms with Crippen LogP contribution in [0.3, 0.4) is 0 Å². The van der Waals surface area contributed by atoms with E-state index in [4.69, 9.17) is 27.9 Å². The van der Waals surface area contributed by atoms with Crippen LogP contribution in [-0.2, 0) is 0 Å². The fourth-order valence-corrected chi connectivity index (χ4v) is 3.41. The van der Waals surface area contributed by atoms with Gasteiger partial charge in [0.05, 0.1) is 22.3 Å². The molecule has 0 N–H and O–H groups in total. The number of hydrogen-bond donors (Lipinski definition) is 0. The van der Waals surface area contributed by atoms with E-state index in [2.05, 4.69) is 4.98 Å². The standard InChI is InChI=1S/C23H14Cl2N2O3/c24-16-11-12-18(19(25)13-16)23(29)30-20-14-21(28)27(17-9-5-2-6-10-17)22(26-20)15-7-3-1-4-8-15/h1-14H. The monoisotopic (exact) mass is 436 g/mol. The minimum absolute atomic E-state index is 0.122. The molecule has 0 atom stereocenters. The molecule has 4 rings (SSSR count). The van der Waals surface area contributed by atoms with E-state index < -0.39 is 5.97 Å². The van der Waals surface area contributed by atoms with Gasteiger partial charge < -0.3 is 4.74 Å². The topological polar surface area (TPSA) is 61.2 Å². The lowest BCUT2D eigenvalue weighted by atomic mass is 10.2. The Balaban J connectivity index is 1.80. The summed E-state index contributed by atoms with van der Waals surface area (Å²) in [5.74, 6) is -0.513. The first-order chi connectivity index (χ1) is 14.5. The highest BCUT2D eigenvalue weighted by atomic mass is 35.5. The molecule has 0 aliphatic carbocycles. The van der Waals surface area contributed by atoms with Crippen LogP contribution in [0.4, 0.5) is 0 Å². The van der Waals surface area contributed by atoms with Crippen molar-refractivity contribution < 1.29 is 9.53 Å². The molecule has 5 nitrogen and oxygen atoms in total. The summed E-state index contributed by atoms with van der Waals surface area (Å²) in [6, 6.07) is 23.9. The van der Waals surface area contributed by atoms with E-state index in [1.165, 1.54) is 28.8 Å². The van der Waals surface area contributed by atoms with E-state index in [0.717, 1.165) is 0 Å².